The lowest BCUT2D eigenvalue weighted by molar-refractivity contribution is 0.385. The molecule has 1 aliphatic rings. The van der Waals surface area contributed by atoms with Crippen molar-refractivity contribution in [3.8, 4) is 0 Å². The first-order valence-corrected chi connectivity index (χ1v) is 9.47. The lowest BCUT2D eigenvalue weighted by Gasteiger charge is -2.17. The smallest absolute Gasteiger partial charge is 0.237 e. The Balaban J connectivity index is 1.55. The third-order valence-corrected chi connectivity index (χ3v) is 5.08. The first-order chi connectivity index (χ1) is 12.3. The number of rotatable bonds is 7. The maximum absolute atomic E-state index is 5.52. The first kappa shape index (κ1) is 16.2. The maximum atomic E-state index is 5.52. The molecule has 0 aromatic carbocycles. The van der Waals surface area contributed by atoms with Crippen LogP contribution in [0.2, 0.25) is 0 Å². The Bertz CT molecular complexity index is 807. The average Bonchev–Trinajstić information content (AvgIpc) is 3.41. The molecule has 8 nitrogen and oxygen atoms in total. The molecule has 132 valence electrons. The molecule has 25 heavy (non-hydrogen) atoms. The monoisotopic (exact) mass is 360 g/mol. The summed E-state index contributed by atoms with van der Waals surface area (Å²) in [4.78, 5) is 6.63. The van der Waals surface area contributed by atoms with Crippen molar-refractivity contribution in [2.24, 2.45) is 0 Å². The molecular weight excluding hydrogens is 340 g/mol. The average molecular weight is 360 g/mol. The van der Waals surface area contributed by atoms with E-state index in [4.69, 9.17) is 8.94 Å². The number of aromatic nitrogens is 5. The fraction of sp³-hybridized carbons (Fsp3) is 0.500. The standard InChI is InChI=1S/C16H20N6O2S/c1-2-13-17-14(24-20-13)11-25-16-19-18-15(21-7-3-4-8-21)22(16)10-12-6-5-9-23-12/h5-6,9H,2-4,7-8,10-11H2,1H3. The quantitative estimate of drug-likeness (QED) is 0.595. The van der Waals surface area contributed by atoms with Crippen LogP contribution < -0.4 is 4.90 Å². The van der Waals surface area contributed by atoms with Gasteiger partial charge >= 0.3 is 0 Å². The van der Waals surface area contributed by atoms with Gasteiger partial charge in [-0.25, -0.2) is 0 Å². The van der Waals surface area contributed by atoms with Crippen LogP contribution in [0.5, 0.6) is 0 Å². The Morgan fingerprint density at radius 2 is 2.12 bits per heavy atom. The third-order valence-electron chi connectivity index (χ3n) is 4.13. The second-order valence-corrected chi connectivity index (χ2v) is 6.83. The van der Waals surface area contributed by atoms with Gasteiger partial charge in [0.05, 0.1) is 18.6 Å². The molecule has 0 unspecified atom stereocenters. The summed E-state index contributed by atoms with van der Waals surface area (Å²) >= 11 is 1.55. The van der Waals surface area contributed by atoms with E-state index in [9.17, 15) is 0 Å². The van der Waals surface area contributed by atoms with Crippen molar-refractivity contribution >= 4 is 17.7 Å². The fourth-order valence-corrected chi connectivity index (χ4v) is 3.62. The molecule has 4 heterocycles. The number of hydrogen-bond donors (Lipinski definition) is 0. The van der Waals surface area contributed by atoms with Gasteiger partial charge in [-0.15, -0.1) is 10.2 Å². The summed E-state index contributed by atoms with van der Waals surface area (Å²) in [6, 6.07) is 3.86. The minimum atomic E-state index is 0.573. The van der Waals surface area contributed by atoms with Crippen LogP contribution in [0, 0.1) is 0 Å². The molecule has 9 heteroatoms. The van der Waals surface area contributed by atoms with Gasteiger partial charge in [0.2, 0.25) is 11.8 Å². The zero-order chi connectivity index (χ0) is 17.1. The Morgan fingerprint density at radius 3 is 2.84 bits per heavy atom. The predicted octanol–water partition coefficient (Wildman–Crippen LogP) is 2.76. The van der Waals surface area contributed by atoms with Gasteiger partial charge in [0.1, 0.15) is 5.76 Å². The van der Waals surface area contributed by atoms with E-state index < -0.39 is 0 Å². The third kappa shape index (κ3) is 3.55. The predicted molar refractivity (Wildman–Crippen MR) is 92.5 cm³/mol. The van der Waals surface area contributed by atoms with Crippen molar-refractivity contribution in [3.63, 3.8) is 0 Å². The molecule has 1 fully saturated rings. The Kier molecular flexibility index (Phi) is 4.73. The Labute approximate surface area is 149 Å². The second kappa shape index (κ2) is 7.30. The van der Waals surface area contributed by atoms with Gasteiger partial charge in [0.25, 0.3) is 0 Å². The van der Waals surface area contributed by atoms with Crippen LogP contribution in [0.4, 0.5) is 5.95 Å². The molecule has 3 aromatic heterocycles. The van der Waals surface area contributed by atoms with Crippen LogP contribution in [-0.4, -0.2) is 38.0 Å². The highest BCUT2D eigenvalue weighted by Gasteiger charge is 2.22. The lowest BCUT2D eigenvalue weighted by Crippen LogP contribution is -2.22. The summed E-state index contributed by atoms with van der Waals surface area (Å²) in [7, 11) is 0. The SMILES string of the molecule is CCc1noc(CSc2nnc(N3CCCC3)n2Cc2ccco2)n1. The molecule has 1 saturated heterocycles. The summed E-state index contributed by atoms with van der Waals surface area (Å²) in [6.07, 6.45) is 4.84. The molecule has 0 aliphatic carbocycles. The van der Waals surface area contributed by atoms with Gasteiger partial charge in [0, 0.05) is 19.5 Å². The van der Waals surface area contributed by atoms with Crippen LogP contribution in [-0.2, 0) is 18.7 Å². The molecule has 4 rings (SSSR count). The van der Waals surface area contributed by atoms with Crippen molar-refractivity contribution < 1.29 is 8.94 Å². The van der Waals surface area contributed by atoms with E-state index in [0.717, 1.165) is 42.2 Å². The van der Waals surface area contributed by atoms with Crippen molar-refractivity contribution in [1.29, 1.82) is 0 Å². The van der Waals surface area contributed by atoms with Crippen LogP contribution in [0.1, 0.15) is 37.2 Å². The van der Waals surface area contributed by atoms with E-state index in [1.165, 1.54) is 12.8 Å². The number of anilines is 1. The zero-order valence-corrected chi connectivity index (χ0v) is 14.9. The van der Waals surface area contributed by atoms with E-state index in [0.29, 0.717) is 18.2 Å². The summed E-state index contributed by atoms with van der Waals surface area (Å²) in [5, 5.41) is 13.6. The summed E-state index contributed by atoms with van der Waals surface area (Å²) in [5.74, 6) is 3.69. The molecule has 1 aliphatic heterocycles. The topological polar surface area (TPSA) is 86.0 Å². The van der Waals surface area contributed by atoms with Gasteiger partial charge < -0.3 is 13.8 Å². The number of nitrogens with zero attached hydrogens (tertiary/aromatic N) is 6. The number of furan rings is 1. The van der Waals surface area contributed by atoms with Gasteiger partial charge in [-0.1, -0.05) is 23.8 Å². The van der Waals surface area contributed by atoms with Crippen molar-refractivity contribution in [2.45, 2.75) is 43.6 Å². The summed E-state index contributed by atoms with van der Waals surface area (Å²) < 4.78 is 12.9. The minimum Gasteiger partial charge on any atom is -0.467 e. The molecular formula is C16H20N6O2S. The highest BCUT2D eigenvalue weighted by Crippen LogP contribution is 2.27. The molecule has 0 N–H and O–H groups in total. The van der Waals surface area contributed by atoms with E-state index in [1.807, 2.05) is 19.1 Å². The van der Waals surface area contributed by atoms with E-state index in [2.05, 4.69) is 29.8 Å². The molecule has 0 atom stereocenters. The van der Waals surface area contributed by atoms with Gasteiger partial charge in [0.15, 0.2) is 11.0 Å². The molecule has 0 amide bonds. The van der Waals surface area contributed by atoms with Crippen LogP contribution in [0.25, 0.3) is 0 Å². The van der Waals surface area contributed by atoms with E-state index >= 15 is 0 Å². The normalized spacial score (nSPS) is 14.5. The largest absolute Gasteiger partial charge is 0.467 e. The van der Waals surface area contributed by atoms with Crippen LogP contribution in [0.15, 0.2) is 32.5 Å². The van der Waals surface area contributed by atoms with Gasteiger partial charge in [-0.05, 0) is 25.0 Å². The fourth-order valence-electron chi connectivity index (χ4n) is 2.85. The number of thioether (sulfide) groups is 1. The number of aryl methyl sites for hydroxylation is 1. The summed E-state index contributed by atoms with van der Waals surface area (Å²) in [5.41, 5.74) is 0. The van der Waals surface area contributed by atoms with Gasteiger partial charge in [-0.2, -0.15) is 4.98 Å². The Morgan fingerprint density at radius 1 is 1.24 bits per heavy atom. The highest BCUT2D eigenvalue weighted by molar-refractivity contribution is 7.98. The molecule has 0 radical (unpaired) electrons. The van der Waals surface area contributed by atoms with Crippen molar-refractivity contribution in [2.75, 3.05) is 18.0 Å². The minimum absolute atomic E-state index is 0.573. The van der Waals surface area contributed by atoms with Crippen LogP contribution >= 0.6 is 11.8 Å². The highest BCUT2D eigenvalue weighted by atomic mass is 32.2. The molecule has 3 aromatic rings. The molecule has 0 spiro atoms. The van der Waals surface area contributed by atoms with E-state index in [1.54, 1.807) is 18.0 Å². The number of hydrogen-bond acceptors (Lipinski definition) is 8. The van der Waals surface area contributed by atoms with Gasteiger partial charge in [-0.3, -0.25) is 4.57 Å². The maximum Gasteiger partial charge on any atom is 0.237 e. The molecule has 0 saturated carbocycles. The second-order valence-electron chi connectivity index (χ2n) is 5.89. The van der Waals surface area contributed by atoms with Crippen LogP contribution in [0.3, 0.4) is 0 Å². The summed E-state index contributed by atoms with van der Waals surface area (Å²) in [6.45, 7) is 4.65. The lowest BCUT2D eigenvalue weighted by atomic mass is 10.4. The zero-order valence-electron chi connectivity index (χ0n) is 14.1. The van der Waals surface area contributed by atoms with E-state index in [-0.39, 0.29) is 0 Å². The first-order valence-electron chi connectivity index (χ1n) is 8.48. The van der Waals surface area contributed by atoms with Crippen molar-refractivity contribution in [3.05, 3.63) is 35.9 Å². The van der Waals surface area contributed by atoms with Crippen molar-refractivity contribution in [1.82, 2.24) is 24.9 Å². The molecule has 0 bridgehead atoms. The Hall–Kier alpha value is -2.29.